The van der Waals surface area contributed by atoms with E-state index in [-0.39, 0.29) is 11.9 Å². The Hall–Kier alpha value is -2.74. The van der Waals surface area contributed by atoms with Gasteiger partial charge in [-0.15, -0.1) is 0 Å². The lowest BCUT2D eigenvalue weighted by Crippen LogP contribution is -2.27. The molecule has 0 aromatic heterocycles. The number of allylic oxidation sites excluding steroid dienone is 2. The molecular weight excluding hydrogens is 385 g/mol. The number of hydrogen-bond donors (Lipinski definition) is 3. The third-order valence-electron chi connectivity index (χ3n) is 3.88. The Balaban J connectivity index is 2.08. The van der Waals surface area contributed by atoms with Crippen molar-refractivity contribution in [1.82, 2.24) is 4.90 Å². The molecule has 0 fully saturated rings. The van der Waals surface area contributed by atoms with Crippen LogP contribution in [0.2, 0.25) is 0 Å². The van der Waals surface area contributed by atoms with Crippen LogP contribution >= 0.6 is 11.9 Å². The zero-order valence-corrected chi connectivity index (χ0v) is 16.2. The summed E-state index contributed by atoms with van der Waals surface area (Å²) in [7, 11) is 0. The quantitative estimate of drug-likeness (QED) is 0.429. The molecule has 8 heteroatoms. The molecule has 0 atom stereocenters. The minimum atomic E-state index is -4.36. The highest BCUT2D eigenvalue weighted by Gasteiger charge is 2.28. The predicted molar refractivity (Wildman–Crippen MR) is 111 cm³/mol. The number of nitrogens with one attached hydrogen (secondary N) is 1. The fourth-order valence-electron chi connectivity index (χ4n) is 2.45. The summed E-state index contributed by atoms with van der Waals surface area (Å²) in [5.74, 6) is 0.552. The van der Waals surface area contributed by atoms with Crippen LogP contribution in [0, 0.1) is 0 Å². The Bertz CT molecular complexity index is 820. The van der Waals surface area contributed by atoms with Crippen molar-refractivity contribution >= 4 is 23.3 Å². The second-order valence-electron chi connectivity index (χ2n) is 5.94. The van der Waals surface area contributed by atoms with Crippen molar-refractivity contribution < 1.29 is 13.2 Å². The first-order valence-electron chi connectivity index (χ1n) is 8.61. The number of nitrogens with two attached hydrogens (primary N) is 2. The van der Waals surface area contributed by atoms with Gasteiger partial charge >= 0.3 is 5.51 Å². The van der Waals surface area contributed by atoms with Gasteiger partial charge in [0.1, 0.15) is 0 Å². The maximum absolute atomic E-state index is 12.3. The van der Waals surface area contributed by atoms with Crippen molar-refractivity contribution in [1.29, 1.82) is 0 Å². The van der Waals surface area contributed by atoms with Crippen molar-refractivity contribution in [2.24, 2.45) is 11.5 Å². The van der Waals surface area contributed by atoms with Crippen LogP contribution in [0.1, 0.15) is 18.1 Å². The molecule has 0 spiro atoms. The molecule has 150 valence electrons. The van der Waals surface area contributed by atoms with E-state index in [2.05, 4.69) is 4.72 Å². The summed E-state index contributed by atoms with van der Waals surface area (Å²) in [6, 6.07) is 16.4. The van der Waals surface area contributed by atoms with E-state index < -0.39 is 5.51 Å². The molecule has 2 aromatic rings. The van der Waals surface area contributed by atoms with Crippen molar-refractivity contribution in [3.8, 4) is 0 Å². The van der Waals surface area contributed by atoms with Gasteiger partial charge in [-0.25, -0.2) is 0 Å². The first-order valence-corrected chi connectivity index (χ1v) is 9.43. The first kappa shape index (κ1) is 21.6. The number of hydrogen-bond acceptors (Lipinski definition) is 5. The normalized spacial score (nSPS) is 12.7. The van der Waals surface area contributed by atoms with Crippen LogP contribution < -0.4 is 16.2 Å². The van der Waals surface area contributed by atoms with Gasteiger partial charge in [-0.1, -0.05) is 42.5 Å². The number of alkyl halides is 3. The SMILES string of the molecule is CCN(Cc1ccccc1)/C(N)=C/C=C(\N)c1cccc(NSC(F)(F)F)c1. The average Bonchev–Trinajstić information content (AvgIpc) is 2.69. The molecule has 0 bridgehead atoms. The molecule has 0 aliphatic carbocycles. The number of rotatable bonds is 8. The molecule has 2 aromatic carbocycles. The highest BCUT2D eigenvalue weighted by atomic mass is 32.2. The van der Waals surface area contributed by atoms with E-state index in [1.807, 2.05) is 42.2 Å². The third-order valence-corrected chi connectivity index (χ3v) is 4.45. The fraction of sp³-hybridized carbons (Fsp3) is 0.200. The van der Waals surface area contributed by atoms with E-state index >= 15 is 0 Å². The molecule has 4 nitrogen and oxygen atoms in total. The summed E-state index contributed by atoms with van der Waals surface area (Å²) in [5, 5.41) is 0. The lowest BCUT2D eigenvalue weighted by molar-refractivity contribution is -0.0323. The molecule has 0 aliphatic heterocycles. The Morgan fingerprint density at radius 1 is 1.07 bits per heavy atom. The summed E-state index contributed by atoms with van der Waals surface area (Å²) in [6.45, 7) is 3.39. The van der Waals surface area contributed by atoms with E-state index in [0.717, 1.165) is 12.1 Å². The van der Waals surface area contributed by atoms with Crippen molar-refractivity contribution in [2.75, 3.05) is 11.3 Å². The van der Waals surface area contributed by atoms with Crippen molar-refractivity contribution in [3.05, 3.63) is 83.7 Å². The van der Waals surface area contributed by atoms with Crippen molar-refractivity contribution in [3.63, 3.8) is 0 Å². The number of nitrogens with zero attached hydrogens (tertiary/aromatic N) is 1. The summed E-state index contributed by atoms with van der Waals surface area (Å²) >= 11 is -0.316. The second kappa shape index (κ2) is 9.98. The molecule has 28 heavy (non-hydrogen) atoms. The molecule has 0 unspecified atom stereocenters. The highest BCUT2D eigenvalue weighted by Crippen LogP contribution is 2.31. The molecular formula is C20H23F3N4S. The highest BCUT2D eigenvalue weighted by molar-refractivity contribution is 8.01. The van der Waals surface area contributed by atoms with Crippen LogP contribution in [0.15, 0.2) is 72.6 Å². The fourth-order valence-corrected chi connectivity index (χ4v) is 2.81. The van der Waals surface area contributed by atoms with Gasteiger partial charge in [-0.2, -0.15) is 13.2 Å². The molecule has 0 aliphatic rings. The largest absolute Gasteiger partial charge is 0.461 e. The summed E-state index contributed by atoms with van der Waals surface area (Å²) in [5.41, 5.74) is 10.3. The zero-order valence-electron chi connectivity index (χ0n) is 15.4. The minimum absolute atomic E-state index is 0.312. The average molecular weight is 408 g/mol. The smallest absolute Gasteiger partial charge is 0.398 e. The van der Waals surface area contributed by atoms with E-state index in [1.54, 1.807) is 36.4 Å². The maximum atomic E-state index is 12.3. The van der Waals surface area contributed by atoms with Crippen molar-refractivity contribution in [2.45, 2.75) is 19.0 Å². The standard InChI is InChI=1S/C20H23F3N4S/c1-2-27(14-15-7-4-3-5-8-15)19(25)12-11-18(24)16-9-6-10-17(13-16)26-28-20(21,22)23/h3-13,26H,2,14,24-25H2,1H3/b18-11-,19-12+. The van der Waals surface area contributed by atoms with Crippen LogP contribution in [0.25, 0.3) is 5.70 Å². The lowest BCUT2D eigenvalue weighted by Gasteiger charge is -2.23. The van der Waals surface area contributed by atoms with Gasteiger partial charge < -0.3 is 21.1 Å². The van der Waals surface area contributed by atoms with Gasteiger partial charge in [-0.05, 0) is 42.3 Å². The van der Waals surface area contributed by atoms with Crippen LogP contribution in [-0.4, -0.2) is 17.0 Å². The molecule has 0 radical (unpaired) electrons. The summed E-state index contributed by atoms with van der Waals surface area (Å²) in [4.78, 5) is 2.00. The third kappa shape index (κ3) is 7.11. The summed E-state index contributed by atoms with van der Waals surface area (Å²) in [6.07, 6.45) is 3.35. The van der Waals surface area contributed by atoms with Gasteiger partial charge in [0.25, 0.3) is 0 Å². The van der Waals surface area contributed by atoms with Gasteiger partial charge in [0.2, 0.25) is 0 Å². The Labute approximate surface area is 167 Å². The zero-order chi connectivity index (χ0) is 20.6. The van der Waals surface area contributed by atoms with Crippen LogP contribution in [0.3, 0.4) is 0 Å². The van der Waals surface area contributed by atoms with Gasteiger partial charge in [0, 0.05) is 24.5 Å². The number of anilines is 1. The Kier molecular flexibility index (Phi) is 7.69. The van der Waals surface area contributed by atoms with Gasteiger partial charge in [-0.3, -0.25) is 0 Å². The molecule has 0 saturated heterocycles. The molecule has 0 saturated carbocycles. The molecule has 5 N–H and O–H groups in total. The Morgan fingerprint density at radius 3 is 2.43 bits per heavy atom. The maximum Gasteiger partial charge on any atom is 0.461 e. The van der Waals surface area contributed by atoms with Gasteiger partial charge in [0.15, 0.2) is 0 Å². The molecule has 2 rings (SSSR count). The lowest BCUT2D eigenvalue weighted by atomic mass is 10.1. The van der Waals surface area contributed by atoms with Crippen LogP contribution in [0.4, 0.5) is 18.9 Å². The van der Waals surface area contributed by atoms with Crippen LogP contribution in [-0.2, 0) is 6.54 Å². The molecule has 0 amide bonds. The monoisotopic (exact) mass is 408 g/mol. The number of benzene rings is 2. The van der Waals surface area contributed by atoms with Crippen LogP contribution in [0.5, 0.6) is 0 Å². The van der Waals surface area contributed by atoms with Gasteiger partial charge in [0.05, 0.1) is 17.8 Å². The Morgan fingerprint density at radius 2 is 1.79 bits per heavy atom. The topological polar surface area (TPSA) is 67.3 Å². The number of halogens is 3. The van der Waals surface area contributed by atoms with E-state index in [4.69, 9.17) is 11.5 Å². The summed E-state index contributed by atoms with van der Waals surface area (Å²) < 4.78 is 39.2. The van der Waals surface area contributed by atoms with E-state index in [9.17, 15) is 13.2 Å². The molecule has 0 heterocycles. The second-order valence-corrected chi connectivity index (χ2v) is 6.82. The predicted octanol–water partition coefficient (Wildman–Crippen LogP) is 4.89. The van der Waals surface area contributed by atoms with E-state index in [0.29, 0.717) is 29.3 Å². The van der Waals surface area contributed by atoms with E-state index in [1.165, 1.54) is 0 Å². The minimum Gasteiger partial charge on any atom is -0.398 e. The first-order chi connectivity index (χ1) is 13.3.